The predicted molar refractivity (Wildman–Crippen MR) is 74.8 cm³/mol. The highest BCUT2D eigenvalue weighted by Gasteiger charge is 2.37. The zero-order chi connectivity index (χ0) is 13.2. The summed E-state index contributed by atoms with van der Waals surface area (Å²) in [6.45, 7) is 0.112. The molecule has 0 amide bonds. The molecule has 0 heterocycles. The first-order valence-electron chi connectivity index (χ1n) is 5.83. The Bertz CT molecular complexity index is 587. The van der Waals surface area contributed by atoms with Crippen LogP contribution in [0.1, 0.15) is 12.0 Å². The lowest BCUT2D eigenvalue weighted by Gasteiger charge is -2.29. The third-order valence-electron chi connectivity index (χ3n) is 3.43. The van der Waals surface area contributed by atoms with Crippen LogP contribution in [0.5, 0.6) is 0 Å². The Morgan fingerprint density at radius 3 is 2.39 bits per heavy atom. The number of rotatable bonds is 3. The molecule has 0 saturated heterocycles. The van der Waals surface area contributed by atoms with E-state index in [4.69, 9.17) is 5.73 Å². The lowest BCUT2D eigenvalue weighted by molar-refractivity contribution is 0.558. The molecule has 0 aromatic heterocycles. The zero-order valence-electron chi connectivity index (χ0n) is 10.3. The fourth-order valence-corrected chi connectivity index (χ4v) is 3.09. The van der Waals surface area contributed by atoms with Crippen LogP contribution in [0.4, 0.5) is 0 Å². The van der Waals surface area contributed by atoms with Crippen molar-refractivity contribution in [2.24, 2.45) is 5.73 Å². The van der Waals surface area contributed by atoms with Crippen LogP contribution in [0, 0.1) is 0 Å². The summed E-state index contributed by atoms with van der Waals surface area (Å²) in [5.74, 6) is 0. The third-order valence-corrected chi connectivity index (χ3v) is 5.37. The summed E-state index contributed by atoms with van der Waals surface area (Å²) >= 11 is 0. The molecule has 0 spiro atoms. The summed E-state index contributed by atoms with van der Waals surface area (Å²) in [7, 11) is -3.20. The van der Waals surface area contributed by atoms with Crippen molar-refractivity contribution in [1.29, 1.82) is 0 Å². The van der Waals surface area contributed by atoms with E-state index in [-0.39, 0.29) is 6.54 Å². The molecule has 96 valence electrons. The second kappa shape index (κ2) is 4.71. The van der Waals surface area contributed by atoms with E-state index in [0.717, 1.165) is 11.1 Å². The van der Waals surface area contributed by atoms with Crippen LogP contribution in [0.3, 0.4) is 0 Å². The van der Waals surface area contributed by atoms with E-state index in [1.54, 1.807) is 6.08 Å². The van der Waals surface area contributed by atoms with Gasteiger partial charge in [0.05, 0.1) is 0 Å². The largest absolute Gasteiger partial charge is 0.329 e. The summed E-state index contributed by atoms with van der Waals surface area (Å²) in [5.41, 5.74) is 7.78. The lowest BCUT2D eigenvalue weighted by atomic mass is 9.92. The molecule has 2 rings (SSSR count). The lowest BCUT2D eigenvalue weighted by Crippen LogP contribution is -2.43. The number of nitrogens with two attached hydrogens (primary N) is 1. The quantitative estimate of drug-likeness (QED) is 0.904. The molecule has 18 heavy (non-hydrogen) atoms. The molecule has 0 bridgehead atoms. The fourth-order valence-electron chi connectivity index (χ4n) is 2.08. The first-order chi connectivity index (χ1) is 8.48. The summed E-state index contributed by atoms with van der Waals surface area (Å²) in [6.07, 6.45) is 7.20. The Hall–Kier alpha value is -1.39. The topological polar surface area (TPSA) is 60.2 Å². The molecule has 1 atom stereocenters. The van der Waals surface area contributed by atoms with Gasteiger partial charge in [-0.05, 0) is 17.6 Å². The zero-order valence-corrected chi connectivity index (χ0v) is 11.2. The highest BCUT2D eigenvalue weighted by molar-refractivity contribution is 7.92. The first kappa shape index (κ1) is 13.1. The van der Waals surface area contributed by atoms with Crippen LogP contribution in [0.2, 0.25) is 0 Å². The molecule has 0 aliphatic heterocycles. The van der Waals surface area contributed by atoms with Crippen LogP contribution < -0.4 is 5.73 Å². The first-order valence-corrected chi connectivity index (χ1v) is 7.72. The van der Waals surface area contributed by atoms with Gasteiger partial charge < -0.3 is 5.73 Å². The highest BCUT2D eigenvalue weighted by atomic mass is 32.2. The molecule has 0 fully saturated rings. The number of sulfone groups is 1. The summed E-state index contributed by atoms with van der Waals surface area (Å²) in [4.78, 5) is 0. The maximum atomic E-state index is 11.8. The van der Waals surface area contributed by atoms with Crippen molar-refractivity contribution >= 4 is 15.4 Å². The number of allylic oxidation sites excluding steroid dienone is 3. The predicted octanol–water partition coefficient (Wildman–Crippen LogP) is 1.77. The Morgan fingerprint density at radius 2 is 1.94 bits per heavy atom. The minimum atomic E-state index is -3.20. The Labute approximate surface area is 108 Å². The van der Waals surface area contributed by atoms with Crippen molar-refractivity contribution in [3.63, 3.8) is 0 Å². The molecular formula is C14H17NO2S. The molecule has 3 nitrogen and oxygen atoms in total. The molecule has 0 radical (unpaired) electrons. The van der Waals surface area contributed by atoms with Gasteiger partial charge in [0.1, 0.15) is 4.75 Å². The molecular weight excluding hydrogens is 246 g/mol. The van der Waals surface area contributed by atoms with E-state index in [1.807, 2.05) is 42.5 Å². The Kier molecular flexibility index (Phi) is 3.41. The summed E-state index contributed by atoms with van der Waals surface area (Å²) < 4.78 is 22.7. The molecule has 4 heteroatoms. The van der Waals surface area contributed by atoms with Crippen molar-refractivity contribution in [2.45, 2.75) is 11.2 Å². The van der Waals surface area contributed by atoms with Gasteiger partial charge in [-0.3, -0.25) is 0 Å². The van der Waals surface area contributed by atoms with Crippen LogP contribution >= 0.6 is 0 Å². The average Bonchev–Trinajstić information content (AvgIpc) is 2.38. The van der Waals surface area contributed by atoms with E-state index >= 15 is 0 Å². The third kappa shape index (κ3) is 2.26. The molecule has 2 N–H and O–H groups in total. The van der Waals surface area contributed by atoms with E-state index in [9.17, 15) is 8.42 Å². The summed E-state index contributed by atoms with van der Waals surface area (Å²) in [5, 5.41) is 0. The standard InChI is InChI=1S/C14H17NO2S/c1-18(16,17)14(11-15)9-7-13(8-10-14)12-5-3-2-4-6-12/h2-9H,10-11,15H2,1H3. The second-order valence-corrected chi connectivity index (χ2v) is 6.96. The molecule has 1 unspecified atom stereocenters. The van der Waals surface area contributed by atoms with Gasteiger partial charge in [-0.25, -0.2) is 8.42 Å². The van der Waals surface area contributed by atoms with Gasteiger partial charge in [-0.15, -0.1) is 0 Å². The van der Waals surface area contributed by atoms with Crippen LogP contribution in [-0.2, 0) is 9.84 Å². The van der Waals surface area contributed by atoms with Gasteiger partial charge in [0.15, 0.2) is 9.84 Å². The molecule has 1 aliphatic carbocycles. The van der Waals surface area contributed by atoms with E-state index in [0.29, 0.717) is 6.42 Å². The minimum Gasteiger partial charge on any atom is -0.329 e. The van der Waals surface area contributed by atoms with E-state index in [1.165, 1.54) is 6.26 Å². The Balaban J connectivity index is 2.32. The highest BCUT2D eigenvalue weighted by Crippen LogP contribution is 2.31. The fraction of sp³-hybridized carbons (Fsp3) is 0.286. The number of benzene rings is 1. The van der Waals surface area contributed by atoms with Gasteiger partial charge in [0.2, 0.25) is 0 Å². The van der Waals surface area contributed by atoms with Crippen LogP contribution in [-0.4, -0.2) is 26.0 Å². The molecule has 1 aromatic carbocycles. The summed E-state index contributed by atoms with van der Waals surface area (Å²) in [6, 6.07) is 9.89. The molecule has 1 aromatic rings. The maximum absolute atomic E-state index is 11.8. The van der Waals surface area contributed by atoms with Gasteiger partial charge >= 0.3 is 0 Å². The van der Waals surface area contributed by atoms with Crippen LogP contribution in [0.25, 0.3) is 5.57 Å². The number of hydrogen-bond acceptors (Lipinski definition) is 3. The smallest absolute Gasteiger partial charge is 0.158 e. The van der Waals surface area contributed by atoms with E-state index < -0.39 is 14.6 Å². The van der Waals surface area contributed by atoms with Crippen molar-refractivity contribution in [3.05, 3.63) is 54.1 Å². The van der Waals surface area contributed by atoms with Gasteiger partial charge in [0, 0.05) is 12.8 Å². The minimum absolute atomic E-state index is 0.112. The monoisotopic (exact) mass is 263 g/mol. The van der Waals surface area contributed by atoms with Gasteiger partial charge in [0.25, 0.3) is 0 Å². The van der Waals surface area contributed by atoms with E-state index in [2.05, 4.69) is 0 Å². The number of hydrogen-bond donors (Lipinski definition) is 1. The van der Waals surface area contributed by atoms with Crippen molar-refractivity contribution < 1.29 is 8.42 Å². The molecule has 0 saturated carbocycles. The van der Waals surface area contributed by atoms with Crippen molar-refractivity contribution in [2.75, 3.05) is 12.8 Å². The van der Waals surface area contributed by atoms with Gasteiger partial charge in [-0.2, -0.15) is 0 Å². The SMILES string of the molecule is CS(=O)(=O)C1(CN)C=CC(c2ccccc2)=CC1. The Morgan fingerprint density at radius 1 is 1.28 bits per heavy atom. The van der Waals surface area contributed by atoms with Gasteiger partial charge in [-0.1, -0.05) is 48.6 Å². The second-order valence-electron chi connectivity index (χ2n) is 4.60. The average molecular weight is 263 g/mol. The van der Waals surface area contributed by atoms with Crippen molar-refractivity contribution in [1.82, 2.24) is 0 Å². The molecule has 1 aliphatic rings. The van der Waals surface area contributed by atoms with Crippen LogP contribution in [0.15, 0.2) is 48.6 Å². The maximum Gasteiger partial charge on any atom is 0.158 e. The van der Waals surface area contributed by atoms with Crippen molar-refractivity contribution in [3.8, 4) is 0 Å². The normalized spacial score (nSPS) is 23.8.